The van der Waals surface area contributed by atoms with Gasteiger partial charge in [0.2, 0.25) is 0 Å². The SMILES string of the molecule is O=CCC1(c2ccccc2)CO1. The van der Waals surface area contributed by atoms with Crippen molar-refractivity contribution in [3.05, 3.63) is 35.9 Å². The molecule has 1 heterocycles. The van der Waals surface area contributed by atoms with Gasteiger partial charge in [-0.1, -0.05) is 30.3 Å². The molecule has 0 saturated carbocycles. The van der Waals surface area contributed by atoms with Gasteiger partial charge < -0.3 is 9.53 Å². The lowest BCUT2D eigenvalue weighted by molar-refractivity contribution is -0.108. The molecule has 0 aromatic heterocycles. The Morgan fingerprint density at radius 2 is 2.08 bits per heavy atom. The number of rotatable bonds is 3. The Bertz CT molecular complexity index is 275. The Morgan fingerprint density at radius 3 is 2.58 bits per heavy atom. The van der Waals surface area contributed by atoms with E-state index in [0.29, 0.717) is 13.0 Å². The molecule has 12 heavy (non-hydrogen) atoms. The standard InChI is InChI=1S/C10H10O2/c11-7-6-10(8-12-10)9-4-2-1-3-5-9/h1-5,7H,6,8H2. The van der Waals surface area contributed by atoms with Crippen molar-refractivity contribution in [1.82, 2.24) is 0 Å². The van der Waals surface area contributed by atoms with Gasteiger partial charge in [-0.05, 0) is 5.56 Å². The summed E-state index contributed by atoms with van der Waals surface area (Å²) in [5.41, 5.74) is 0.834. The van der Waals surface area contributed by atoms with Crippen molar-refractivity contribution in [1.29, 1.82) is 0 Å². The molecule has 1 aliphatic heterocycles. The minimum absolute atomic E-state index is 0.275. The van der Waals surface area contributed by atoms with Gasteiger partial charge in [0.15, 0.2) is 0 Å². The summed E-state index contributed by atoms with van der Waals surface area (Å²) >= 11 is 0. The molecule has 1 fully saturated rings. The maximum absolute atomic E-state index is 10.4. The van der Waals surface area contributed by atoms with E-state index in [1.54, 1.807) is 0 Å². The van der Waals surface area contributed by atoms with Gasteiger partial charge in [0, 0.05) is 6.42 Å². The van der Waals surface area contributed by atoms with E-state index in [4.69, 9.17) is 4.74 Å². The van der Waals surface area contributed by atoms with E-state index in [9.17, 15) is 4.79 Å². The molecule has 62 valence electrons. The topological polar surface area (TPSA) is 29.6 Å². The zero-order valence-corrected chi connectivity index (χ0v) is 6.69. The molecule has 0 N–H and O–H groups in total. The van der Waals surface area contributed by atoms with Crippen LogP contribution in [0, 0.1) is 0 Å². The molecule has 1 atom stereocenters. The fraction of sp³-hybridized carbons (Fsp3) is 0.300. The van der Waals surface area contributed by atoms with E-state index in [-0.39, 0.29) is 5.60 Å². The Balaban J connectivity index is 2.25. The molecule has 1 unspecified atom stereocenters. The van der Waals surface area contributed by atoms with Crippen LogP contribution >= 0.6 is 0 Å². The Hall–Kier alpha value is -1.15. The molecule has 0 amide bonds. The third-order valence-electron chi connectivity index (χ3n) is 2.21. The summed E-state index contributed by atoms with van der Waals surface area (Å²) in [5, 5.41) is 0. The smallest absolute Gasteiger partial charge is 0.123 e. The van der Waals surface area contributed by atoms with E-state index in [2.05, 4.69) is 0 Å². The average Bonchev–Trinajstić information content (AvgIpc) is 2.88. The fourth-order valence-corrected chi connectivity index (χ4v) is 1.37. The van der Waals surface area contributed by atoms with Gasteiger partial charge in [-0.2, -0.15) is 0 Å². The van der Waals surface area contributed by atoms with Crippen LogP contribution in [0.1, 0.15) is 12.0 Å². The molecule has 1 aromatic carbocycles. The summed E-state index contributed by atoms with van der Waals surface area (Å²) in [6.45, 7) is 0.676. The Labute approximate surface area is 71.2 Å². The minimum atomic E-state index is -0.275. The quantitative estimate of drug-likeness (QED) is 0.498. The molecule has 0 spiro atoms. The van der Waals surface area contributed by atoms with Gasteiger partial charge >= 0.3 is 0 Å². The van der Waals surface area contributed by atoms with Crippen LogP contribution in [0.5, 0.6) is 0 Å². The first-order valence-electron chi connectivity index (χ1n) is 4.00. The minimum Gasteiger partial charge on any atom is -0.364 e. The third kappa shape index (κ3) is 1.14. The van der Waals surface area contributed by atoms with Gasteiger partial charge in [-0.15, -0.1) is 0 Å². The van der Waals surface area contributed by atoms with Gasteiger partial charge in [0.1, 0.15) is 11.9 Å². The van der Waals surface area contributed by atoms with E-state index in [0.717, 1.165) is 11.8 Å². The monoisotopic (exact) mass is 162 g/mol. The summed E-state index contributed by atoms with van der Waals surface area (Å²) in [4.78, 5) is 10.4. The van der Waals surface area contributed by atoms with E-state index >= 15 is 0 Å². The highest BCUT2D eigenvalue weighted by Gasteiger charge is 2.45. The van der Waals surface area contributed by atoms with Crippen molar-refractivity contribution in [3.8, 4) is 0 Å². The highest BCUT2D eigenvalue weighted by Crippen LogP contribution is 2.40. The molecule has 1 saturated heterocycles. The maximum atomic E-state index is 10.4. The average molecular weight is 162 g/mol. The summed E-state index contributed by atoms with van der Waals surface area (Å²) in [6, 6.07) is 9.88. The molecule has 2 heteroatoms. The van der Waals surface area contributed by atoms with Crippen molar-refractivity contribution in [2.75, 3.05) is 6.61 Å². The molecule has 2 rings (SSSR count). The van der Waals surface area contributed by atoms with Crippen LogP contribution in [0.15, 0.2) is 30.3 Å². The Morgan fingerprint density at radius 1 is 1.42 bits per heavy atom. The predicted molar refractivity (Wildman–Crippen MR) is 44.8 cm³/mol. The molecule has 1 aromatic rings. The van der Waals surface area contributed by atoms with Crippen molar-refractivity contribution < 1.29 is 9.53 Å². The van der Waals surface area contributed by atoms with Crippen molar-refractivity contribution in [2.24, 2.45) is 0 Å². The summed E-state index contributed by atoms with van der Waals surface area (Å²) in [6.07, 6.45) is 1.39. The van der Waals surface area contributed by atoms with Gasteiger partial charge in [0.25, 0.3) is 0 Å². The summed E-state index contributed by atoms with van der Waals surface area (Å²) in [5.74, 6) is 0. The molecular formula is C10H10O2. The lowest BCUT2D eigenvalue weighted by Gasteiger charge is -2.06. The van der Waals surface area contributed by atoms with Crippen LogP contribution in [-0.2, 0) is 15.1 Å². The van der Waals surface area contributed by atoms with Gasteiger partial charge in [-0.25, -0.2) is 0 Å². The number of carbonyl (C=O) groups excluding carboxylic acids is 1. The van der Waals surface area contributed by atoms with Crippen LogP contribution in [-0.4, -0.2) is 12.9 Å². The van der Waals surface area contributed by atoms with E-state index in [1.807, 2.05) is 30.3 Å². The number of hydrogen-bond acceptors (Lipinski definition) is 2. The molecule has 0 bridgehead atoms. The third-order valence-corrected chi connectivity index (χ3v) is 2.21. The zero-order valence-electron chi connectivity index (χ0n) is 6.69. The number of aldehydes is 1. The van der Waals surface area contributed by atoms with E-state index < -0.39 is 0 Å². The first-order valence-corrected chi connectivity index (χ1v) is 4.00. The van der Waals surface area contributed by atoms with Crippen molar-refractivity contribution in [2.45, 2.75) is 12.0 Å². The second kappa shape index (κ2) is 2.72. The van der Waals surface area contributed by atoms with Crippen LogP contribution in [0.25, 0.3) is 0 Å². The fourth-order valence-electron chi connectivity index (χ4n) is 1.37. The Kier molecular flexibility index (Phi) is 1.70. The number of hydrogen-bond donors (Lipinski definition) is 0. The second-order valence-corrected chi connectivity index (χ2v) is 3.02. The van der Waals surface area contributed by atoms with Gasteiger partial charge in [-0.3, -0.25) is 0 Å². The second-order valence-electron chi connectivity index (χ2n) is 3.02. The van der Waals surface area contributed by atoms with Crippen LogP contribution in [0.3, 0.4) is 0 Å². The van der Waals surface area contributed by atoms with Crippen LogP contribution < -0.4 is 0 Å². The predicted octanol–water partition coefficient (Wildman–Crippen LogP) is 1.50. The first kappa shape index (κ1) is 7.50. The number of ether oxygens (including phenoxy) is 1. The highest BCUT2D eigenvalue weighted by molar-refractivity contribution is 5.54. The molecular weight excluding hydrogens is 152 g/mol. The summed E-state index contributed by atoms with van der Waals surface area (Å²) in [7, 11) is 0. The van der Waals surface area contributed by atoms with Crippen molar-refractivity contribution in [3.63, 3.8) is 0 Å². The zero-order chi connectivity index (χ0) is 8.44. The highest BCUT2D eigenvalue weighted by atomic mass is 16.6. The normalized spacial score (nSPS) is 26.7. The number of carbonyl (C=O) groups is 1. The molecule has 1 aliphatic rings. The number of epoxide rings is 1. The molecule has 0 aliphatic carbocycles. The summed E-state index contributed by atoms with van der Waals surface area (Å²) < 4.78 is 5.29. The maximum Gasteiger partial charge on any atom is 0.123 e. The van der Waals surface area contributed by atoms with Crippen LogP contribution in [0.4, 0.5) is 0 Å². The molecule has 2 nitrogen and oxygen atoms in total. The van der Waals surface area contributed by atoms with Crippen LogP contribution in [0.2, 0.25) is 0 Å². The molecule has 0 radical (unpaired) electrons. The first-order chi connectivity index (χ1) is 5.87. The van der Waals surface area contributed by atoms with E-state index in [1.165, 1.54) is 0 Å². The van der Waals surface area contributed by atoms with Crippen molar-refractivity contribution >= 4 is 6.29 Å². The van der Waals surface area contributed by atoms with Gasteiger partial charge in [0.05, 0.1) is 6.61 Å². The largest absolute Gasteiger partial charge is 0.364 e. The lowest BCUT2D eigenvalue weighted by Crippen LogP contribution is -2.08. The lowest BCUT2D eigenvalue weighted by atomic mass is 9.97. The number of benzene rings is 1.